The zero-order valence-corrected chi connectivity index (χ0v) is 9.22. The molecule has 2 aromatic carbocycles. The summed E-state index contributed by atoms with van der Waals surface area (Å²) in [4.78, 5) is 10.6. The Morgan fingerprint density at radius 3 is 2.24 bits per heavy atom. The Kier molecular flexibility index (Phi) is 3.40. The zero-order chi connectivity index (χ0) is 12.1. The van der Waals surface area contributed by atoms with Gasteiger partial charge in [0.1, 0.15) is 0 Å². The van der Waals surface area contributed by atoms with Gasteiger partial charge in [-0.05, 0) is 23.3 Å². The van der Waals surface area contributed by atoms with Crippen molar-refractivity contribution in [3.63, 3.8) is 0 Å². The van der Waals surface area contributed by atoms with Gasteiger partial charge in [-0.25, -0.2) is 0 Å². The quantitative estimate of drug-likeness (QED) is 0.862. The molecule has 0 atom stereocenters. The first kappa shape index (κ1) is 11.2. The maximum Gasteiger partial charge on any atom is 0.0715 e. The van der Waals surface area contributed by atoms with E-state index in [0.29, 0.717) is 6.54 Å². The number of carbonyl (C=O) groups excluding carboxylic acids is 1. The molecule has 0 aliphatic rings. The first-order chi connectivity index (χ1) is 8.25. The fourth-order valence-electron chi connectivity index (χ4n) is 1.52. The van der Waals surface area contributed by atoms with E-state index in [1.54, 1.807) is 12.1 Å². The first-order valence-electron chi connectivity index (χ1n) is 5.35. The molecule has 2 rings (SSSR count). The lowest BCUT2D eigenvalue weighted by Crippen LogP contribution is -2.21. The Morgan fingerprint density at radius 2 is 1.65 bits per heavy atom. The van der Waals surface area contributed by atoms with Gasteiger partial charge in [-0.15, -0.1) is 0 Å². The highest BCUT2D eigenvalue weighted by molar-refractivity contribution is 5.86. The highest BCUT2D eigenvalue weighted by Crippen LogP contribution is 2.10. The third-order valence-electron chi connectivity index (χ3n) is 2.46. The summed E-state index contributed by atoms with van der Waals surface area (Å²) in [5, 5.41) is 13.8. The van der Waals surface area contributed by atoms with Gasteiger partial charge in [0, 0.05) is 12.2 Å². The molecule has 0 aliphatic carbocycles. The van der Waals surface area contributed by atoms with Crippen molar-refractivity contribution in [3.8, 4) is 0 Å². The SMILES string of the molecule is O=C([O-])c1ccc(NCc2ccccc2)cc1. The van der Waals surface area contributed by atoms with Crippen molar-refractivity contribution in [3.05, 3.63) is 65.7 Å². The monoisotopic (exact) mass is 226 g/mol. The van der Waals surface area contributed by atoms with Crippen molar-refractivity contribution in [2.24, 2.45) is 0 Å². The maximum absolute atomic E-state index is 10.6. The Labute approximate surface area is 99.7 Å². The second-order valence-electron chi connectivity index (χ2n) is 3.70. The Morgan fingerprint density at radius 1 is 1.00 bits per heavy atom. The lowest BCUT2D eigenvalue weighted by Gasteiger charge is -2.08. The van der Waals surface area contributed by atoms with Gasteiger partial charge in [-0.2, -0.15) is 0 Å². The smallest absolute Gasteiger partial charge is 0.0715 e. The van der Waals surface area contributed by atoms with Crippen LogP contribution < -0.4 is 10.4 Å². The van der Waals surface area contributed by atoms with Crippen molar-refractivity contribution in [1.29, 1.82) is 0 Å². The van der Waals surface area contributed by atoms with Crippen LogP contribution in [0.25, 0.3) is 0 Å². The van der Waals surface area contributed by atoms with Gasteiger partial charge >= 0.3 is 0 Å². The summed E-state index contributed by atoms with van der Waals surface area (Å²) < 4.78 is 0. The predicted molar refractivity (Wildman–Crippen MR) is 64.5 cm³/mol. The summed E-state index contributed by atoms with van der Waals surface area (Å²) in [6.07, 6.45) is 0. The number of carboxylic acids is 1. The lowest BCUT2D eigenvalue weighted by atomic mass is 10.2. The molecular weight excluding hydrogens is 214 g/mol. The minimum atomic E-state index is -1.15. The van der Waals surface area contributed by atoms with Gasteiger partial charge < -0.3 is 15.2 Å². The summed E-state index contributed by atoms with van der Waals surface area (Å²) in [6, 6.07) is 16.5. The molecule has 0 saturated heterocycles. The molecule has 0 amide bonds. The third-order valence-corrected chi connectivity index (χ3v) is 2.46. The third kappa shape index (κ3) is 3.08. The summed E-state index contributed by atoms with van der Waals surface area (Å²) in [6.45, 7) is 0.714. The number of carbonyl (C=O) groups is 1. The standard InChI is InChI=1S/C14H13NO2/c16-14(17)12-6-8-13(9-7-12)15-10-11-4-2-1-3-5-11/h1-9,15H,10H2,(H,16,17)/p-1. The molecule has 0 unspecified atom stereocenters. The number of nitrogens with one attached hydrogen (secondary N) is 1. The topological polar surface area (TPSA) is 52.2 Å². The van der Waals surface area contributed by atoms with E-state index in [1.807, 2.05) is 30.3 Å². The van der Waals surface area contributed by atoms with Crippen molar-refractivity contribution in [2.45, 2.75) is 6.54 Å². The fourth-order valence-corrected chi connectivity index (χ4v) is 1.52. The van der Waals surface area contributed by atoms with E-state index in [0.717, 1.165) is 5.69 Å². The van der Waals surface area contributed by atoms with Gasteiger partial charge in [0.25, 0.3) is 0 Å². The van der Waals surface area contributed by atoms with Crippen LogP contribution in [0.4, 0.5) is 5.69 Å². The Hall–Kier alpha value is -2.29. The summed E-state index contributed by atoms with van der Waals surface area (Å²) in [5.41, 5.74) is 2.26. The number of benzene rings is 2. The number of aromatic carboxylic acids is 1. The van der Waals surface area contributed by atoms with Crippen molar-refractivity contribution in [2.75, 3.05) is 5.32 Å². The fraction of sp³-hybridized carbons (Fsp3) is 0.0714. The molecule has 17 heavy (non-hydrogen) atoms. The van der Waals surface area contributed by atoms with Gasteiger partial charge in [0.05, 0.1) is 5.97 Å². The molecular formula is C14H12NO2-. The molecule has 3 heteroatoms. The highest BCUT2D eigenvalue weighted by Gasteiger charge is 1.95. The lowest BCUT2D eigenvalue weighted by molar-refractivity contribution is -0.255. The van der Waals surface area contributed by atoms with Crippen LogP contribution in [0.2, 0.25) is 0 Å². The number of anilines is 1. The van der Waals surface area contributed by atoms with E-state index in [-0.39, 0.29) is 5.56 Å². The molecule has 0 bridgehead atoms. The van der Waals surface area contributed by atoms with Crippen molar-refractivity contribution in [1.82, 2.24) is 0 Å². The Bertz CT molecular complexity index is 491. The highest BCUT2D eigenvalue weighted by atomic mass is 16.4. The molecule has 2 aromatic rings. The largest absolute Gasteiger partial charge is 0.545 e. The average Bonchev–Trinajstić information content (AvgIpc) is 2.38. The zero-order valence-electron chi connectivity index (χ0n) is 9.22. The number of carboxylic acid groups (broad SMARTS) is 1. The van der Waals surface area contributed by atoms with Crippen LogP contribution in [0.15, 0.2) is 54.6 Å². The molecule has 0 fully saturated rings. The van der Waals surface area contributed by atoms with E-state index in [2.05, 4.69) is 5.32 Å². The molecule has 86 valence electrons. The molecule has 0 saturated carbocycles. The molecule has 1 N–H and O–H groups in total. The maximum atomic E-state index is 10.6. The molecule has 0 heterocycles. The van der Waals surface area contributed by atoms with Crippen LogP contribution in [0.1, 0.15) is 15.9 Å². The van der Waals surface area contributed by atoms with Gasteiger partial charge in [-0.3, -0.25) is 0 Å². The van der Waals surface area contributed by atoms with Gasteiger partial charge in [0.2, 0.25) is 0 Å². The summed E-state index contributed by atoms with van der Waals surface area (Å²) >= 11 is 0. The molecule has 0 radical (unpaired) electrons. The van der Waals surface area contributed by atoms with E-state index >= 15 is 0 Å². The number of hydrogen-bond donors (Lipinski definition) is 1. The minimum absolute atomic E-state index is 0.190. The summed E-state index contributed by atoms with van der Waals surface area (Å²) in [5.74, 6) is -1.15. The average molecular weight is 226 g/mol. The van der Waals surface area contributed by atoms with Crippen molar-refractivity contribution >= 4 is 11.7 Å². The van der Waals surface area contributed by atoms with Crippen LogP contribution in [-0.4, -0.2) is 5.97 Å². The Balaban J connectivity index is 1.98. The predicted octanol–water partition coefficient (Wildman–Crippen LogP) is 1.66. The van der Waals surface area contributed by atoms with Gasteiger partial charge in [-0.1, -0.05) is 42.5 Å². The molecule has 0 aliphatic heterocycles. The van der Waals surface area contributed by atoms with Gasteiger partial charge in [0.15, 0.2) is 0 Å². The van der Waals surface area contributed by atoms with Crippen LogP contribution in [-0.2, 0) is 6.54 Å². The number of rotatable bonds is 4. The summed E-state index contributed by atoms with van der Waals surface area (Å²) in [7, 11) is 0. The van der Waals surface area contributed by atoms with Crippen LogP contribution >= 0.6 is 0 Å². The van der Waals surface area contributed by atoms with Crippen molar-refractivity contribution < 1.29 is 9.90 Å². The molecule has 0 aromatic heterocycles. The second-order valence-corrected chi connectivity index (χ2v) is 3.70. The number of hydrogen-bond acceptors (Lipinski definition) is 3. The van der Waals surface area contributed by atoms with E-state index in [1.165, 1.54) is 17.7 Å². The van der Waals surface area contributed by atoms with Crippen LogP contribution in [0.5, 0.6) is 0 Å². The molecule has 3 nitrogen and oxygen atoms in total. The van der Waals surface area contributed by atoms with Crippen LogP contribution in [0, 0.1) is 0 Å². The van der Waals surface area contributed by atoms with E-state index in [4.69, 9.17) is 0 Å². The first-order valence-corrected chi connectivity index (χ1v) is 5.35. The minimum Gasteiger partial charge on any atom is -0.545 e. The second kappa shape index (κ2) is 5.16. The van der Waals surface area contributed by atoms with E-state index < -0.39 is 5.97 Å². The van der Waals surface area contributed by atoms with Crippen LogP contribution in [0.3, 0.4) is 0 Å². The molecule has 0 spiro atoms. The normalized spacial score (nSPS) is 9.88. The van der Waals surface area contributed by atoms with E-state index in [9.17, 15) is 9.90 Å².